The van der Waals surface area contributed by atoms with E-state index in [1.165, 1.54) is 6.07 Å². The van der Waals surface area contributed by atoms with E-state index < -0.39 is 0 Å². The molecule has 0 saturated carbocycles. The molecule has 15 heavy (non-hydrogen) atoms. The maximum Gasteiger partial charge on any atom is 0.248 e. The van der Waals surface area contributed by atoms with Crippen LogP contribution in [0.1, 0.15) is 25.1 Å². The summed E-state index contributed by atoms with van der Waals surface area (Å²) in [7, 11) is 0. The fourth-order valence-electron chi connectivity index (χ4n) is 0.988. The van der Waals surface area contributed by atoms with Crippen LogP contribution in [0.3, 0.4) is 0 Å². The molecule has 1 rings (SSSR count). The Morgan fingerprint density at radius 3 is 2.47 bits per heavy atom. The van der Waals surface area contributed by atoms with Crippen LogP contribution >= 0.6 is 0 Å². The summed E-state index contributed by atoms with van der Waals surface area (Å²) in [4.78, 5) is 13.6. The molecule has 0 bridgehead atoms. The first-order valence-electron chi connectivity index (χ1n) is 4.93. The Morgan fingerprint density at radius 2 is 1.93 bits per heavy atom. The van der Waals surface area contributed by atoms with Gasteiger partial charge in [-0.3, -0.25) is 4.79 Å². The maximum absolute atomic E-state index is 10.9. The summed E-state index contributed by atoms with van der Waals surface area (Å²) in [6, 6.07) is 3.23. The number of nitrogens with one attached hydrogen (secondary N) is 1. The molecule has 0 amide bonds. The summed E-state index contributed by atoms with van der Waals surface area (Å²) in [5.41, 5.74) is 1.53. The van der Waals surface area contributed by atoms with Crippen LogP contribution < -0.4 is 5.56 Å². The second kappa shape index (κ2) is 7.56. The van der Waals surface area contributed by atoms with Gasteiger partial charge in [-0.2, -0.15) is 0 Å². The van der Waals surface area contributed by atoms with Crippen molar-refractivity contribution in [3.05, 3.63) is 59.1 Å². The third kappa shape index (κ3) is 4.27. The number of allylic oxidation sites excluding steroid dienone is 2. The molecule has 0 aromatic carbocycles. The molecule has 1 aromatic rings. The van der Waals surface area contributed by atoms with Gasteiger partial charge in [0.25, 0.3) is 0 Å². The lowest BCUT2D eigenvalue weighted by Gasteiger charge is -1.98. The fraction of sp³-hybridized carbons (Fsp3) is 0.154. The van der Waals surface area contributed by atoms with Gasteiger partial charge in [0.05, 0.1) is 0 Å². The van der Waals surface area contributed by atoms with Crippen LogP contribution in [0.25, 0.3) is 12.2 Å². The minimum absolute atomic E-state index is 0.120. The predicted octanol–water partition coefficient (Wildman–Crippen LogP) is 3.24. The number of H-pyrrole nitrogens is 1. The van der Waals surface area contributed by atoms with E-state index in [0.717, 1.165) is 11.3 Å². The lowest BCUT2D eigenvalue weighted by Crippen LogP contribution is -2.05. The fourth-order valence-corrected chi connectivity index (χ4v) is 0.988. The molecule has 80 valence electrons. The highest BCUT2D eigenvalue weighted by atomic mass is 16.1. The van der Waals surface area contributed by atoms with Crippen LogP contribution in [-0.4, -0.2) is 4.98 Å². The second-order valence-electron chi connectivity index (χ2n) is 2.49. The number of hydrogen-bond acceptors (Lipinski definition) is 1. The molecule has 0 aliphatic heterocycles. The molecule has 0 aliphatic carbocycles. The Morgan fingerprint density at radius 1 is 1.27 bits per heavy atom. The zero-order chi connectivity index (χ0) is 11.7. The first-order valence-corrected chi connectivity index (χ1v) is 4.93. The number of aromatic nitrogens is 1. The molecule has 0 radical (unpaired) electrons. The van der Waals surface area contributed by atoms with E-state index in [1.54, 1.807) is 24.3 Å². The molecule has 0 aliphatic rings. The maximum atomic E-state index is 10.9. The van der Waals surface area contributed by atoms with E-state index in [4.69, 9.17) is 0 Å². The zero-order valence-electron chi connectivity index (χ0n) is 9.29. The molecular weight excluding hydrogens is 186 g/mol. The van der Waals surface area contributed by atoms with Gasteiger partial charge in [0.1, 0.15) is 0 Å². The molecule has 0 atom stereocenters. The van der Waals surface area contributed by atoms with Gasteiger partial charge in [0, 0.05) is 11.8 Å². The number of rotatable bonds is 3. The normalized spacial score (nSPS) is 9.20. The summed E-state index contributed by atoms with van der Waals surface area (Å²) in [5, 5.41) is 0. The van der Waals surface area contributed by atoms with E-state index in [9.17, 15) is 4.79 Å². The van der Waals surface area contributed by atoms with Crippen LogP contribution in [0.4, 0.5) is 0 Å². The summed E-state index contributed by atoms with van der Waals surface area (Å²) in [6.45, 7) is 11.2. The van der Waals surface area contributed by atoms with Crippen molar-refractivity contribution in [2.45, 2.75) is 13.8 Å². The van der Waals surface area contributed by atoms with Gasteiger partial charge in [-0.1, -0.05) is 45.2 Å². The Hall–Kier alpha value is -1.83. The van der Waals surface area contributed by atoms with Crippen molar-refractivity contribution in [3.8, 4) is 0 Å². The monoisotopic (exact) mass is 203 g/mol. The summed E-state index contributed by atoms with van der Waals surface area (Å²) < 4.78 is 0. The van der Waals surface area contributed by atoms with E-state index >= 15 is 0 Å². The van der Waals surface area contributed by atoms with Gasteiger partial charge in [-0.15, -0.1) is 0 Å². The minimum atomic E-state index is -0.120. The molecule has 0 spiro atoms. The van der Waals surface area contributed by atoms with Gasteiger partial charge in [0.15, 0.2) is 0 Å². The van der Waals surface area contributed by atoms with Gasteiger partial charge in [-0.25, -0.2) is 0 Å². The highest BCUT2D eigenvalue weighted by Crippen LogP contribution is 2.06. The Kier molecular flexibility index (Phi) is 6.64. The van der Waals surface area contributed by atoms with Gasteiger partial charge in [-0.05, 0) is 17.7 Å². The zero-order valence-corrected chi connectivity index (χ0v) is 9.29. The molecule has 0 saturated heterocycles. The topological polar surface area (TPSA) is 32.9 Å². The van der Waals surface area contributed by atoms with Crippen molar-refractivity contribution in [2.75, 3.05) is 0 Å². The van der Waals surface area contributed by atoms with Crippen LogP contribution in [0.5, 0.6) is 0 Å². The second-order valence-corrected chi connectivity index (χ2v) is 2.49. The molecule has 2 nitrogen and oxygen atoms in total. The largest absolute Gasteiger partial charge is 0.322 e. The van der Waals surface area contributed by atoms with E-state index in [-0.39, 0.29) is 5.56 Å². The Bertz CT molecular complexity index is 399. The summed E-state index contributed by atoms with van der Waals surface area (Å²) in [5.74, 6) is 0. The van der Waals surface area contributed by atoms with Crippen molar-refractivity contribution in [3.63, 3.8) is 0 Å². The first-order chi connectivity index (χ1) is 7.27. The van der Waals surface area contributed by atoms with E-state index in [1.807, 2.05) is 19.9 Å². The van der Waals surface area contributed by atoms with Gasteiger partial charge < -0.3 is 4.98 Å². The third-order valence-corrected chi connectivity index (χ3v) is 1.60. The number of aromatic amines is 1. The van der Waals surface area contributed by atoms with Gasteiger partial charge >= 0.3 is 0 Å². The van der Waals surface area contributed by atoms with Crippen LogP contribution in [0.15, 0.2) is 42.2 Å². The smallest absolute Gasteiger partial charge is 0.248 e. The quantitative estimate of drug-likeness (QED) is 0.751. The van der Waals surface area contributed by atoms with Crippen molar-refractivity contribution in [1.82, 2.24) is 4.98 Å². The van der Waals surface area contributed by atoms with Crippen LogP contribution in [-0.2, 0) is 0 Å². The molecule has 2 heteroatoms. The van der Waals surface area contributed by atoms with Crippen molar-refractivity contribution < 1.29 is 0 Å². The Balaban J connectivity index is 0.000000921. The number of hydrogen-bond donors (Lipinski definition) is 1. The lowest BCUT2D eigenvalue weighted by atomic mass is 10.2. The van der Waals surface area contributed by atoms with E-state index in [2.05, 4.69) is 18.1 Å². The average molecular weight is 203 g/mol. The van der Waals surface area contributed by atoms with Crippen molar-refractivity contribution in [2.24, 2.45) is 0 Å². The van der Waals surface area contributed by atoms with Gasteiger partial charge in [0.2, 0.25) is 5.56 Å². The predicted molar refractivity (Wildman–Crippen MR) is 67.7 cm³/mol. The SMILES string of the molecule is C=C/C=C\c1ccc(=O)[nH]c1C=C.CC. The highest BCUT2D eigenvalue weighted by Gasteiger charge is 1.94. The third-order valence-electron chi connectivity index (χ3n) is 1.60. The highest BCUT2D eigenvalue weighted by molar-refractivity contribution is 5.61. The molecule has 0 fully saturated rings. The van der Waals surface area contributed by atoms with Crippen molar-refractivity contribution >= 4 is 12.2 Å². The lowest BCUT2D eigenvalue weighted by molar-refractivity contribution is 1.21. The van der Waals surface area contributed by atoms with Crippen LogP contribution in [0, 0.1) is 0 Å². The minimum Gasteiger partial charge on any atom is -0.322 e. The molecule has 1 N–H and O–H groups in total. The summed E-state index contributed by atoms with van der Waals surface area (Å²) >= 11 is 0. The molecule has 1 aromatic heterocycles. The average Bonchev–Trinajstić information content (AvgIpc) is 2.30. The number of pyridine rings is 1. The molecule has 0 unspecified atom stereocenters. The molecule has 1 heterocycles. The first kappa shape index (κ1) is 13.2. The standard InChI is InChI=1S/C11H11NO.C2H6/c1-3-5-6-9-7-8-11(13)12-10(9)4-2;1-2/h3-8H,1-2H2,(H,12,13);1-2H3/b6-5-;. The van der Waals surface area contributed by atoms with E-state index in [0.29, 0.717) is 0 Å². The van der Waals surface area contributed by atoms with Crippen molar-refractivity contribution in [1.29, 1.82) is 0 Å². The Labute approximate surface area is 90.7 Å². The van der Waals surface area contributed by atoms with Crippen LogP contribution in [0.2, 0.25) is 0 Å². The molecular formula is C13H17NO. The summed E-state index contributed by atoms with van der Waals surface area (Å²) in [6.07, 6.45) is 6.96.